The molecule has 0 saturated carbocycles. The van der Waals surface area contributed by atoms with Crippen molar-refractivity contribution >= 4 is 29.3 Å². The summed E-state index contributed by atoms with van der Waals surface area (Å²) in [5.74, 6) is -0.240. The Morgan fingerprint density at radius 1 is 1.17 bits per heavy atom. The number of hydrogen-bond acceptors (Lipinski definition) is 3. The van der Waals surface area contributed by atoms with Crippen LogP contribution >= 0.6 is 11.6 Å². The Balaban J connectivity index is 1.82. The minimum atomic E-state index is -0.748. The van der Waals surface area contributed by atoms with E-state index in [1.807, 2.05) is 56.3 Å². The van der Waals surface area contributed by atoms with E-state index in [0.29, 0.717) is 43.2 Å². The van der Waals surface area contributed by atoms with E-state index in [9.17, 15) is 9.59 Å². The highest BCUT2D eigenvalue weighted by Crippen LogP contribution is 2.36. The lowest BCUT2D eigenvalue weighted by Crippen LogP contribution is -2.52. The number of urea groups is 1. The van der Waals surface area contributed by atoms with Gasteiger partial charge in [-0.3, -0.25) is 4.79 Å². The second-order valence-electron chi connectivity index (χ2n) is 7.55. The fourth-order valence-electron chi connectivity index (χ4n) is 3.94. The van der Waals surface area contributed by atoms with Crippen molar-refractivity contribution in [2.75, 3.05) is 25.0 Å². The summed E-state index contributed by atoms with van der Waals surface area (Å²) in [6, 6.07) is 15.1. The van der Waals surface area contributed by atoms with Gasteiger partial charge in [-0.25, -0.2) is 4.79 Å². The maximum absolute atomic E-state index is 13.0. The summed E-state index contributed by atoms with van der Waals surface area (Å²) < 4.78 is 5.42. The molecule has 0 aliphatic carbocycles. The minimum Gasteiger partial charge on any atom is -0.466 e. The first kappa shape index (κ1) is 21.2. The average Bonchev–Trinajstić information content (AvgIpc) is 2.72. The Labute approximate surface area is 177 Å². The van der Waals surface area contributed by atoms with Crippen molar-refractivity contribution < 1.29 is 14.3 Å². The second kappa shape index (κ2) is 9.31. The number of nitrogens with zero attached hydrogens (tertiary/aromatic N) is 1. The number of carbonyl (C=O) groups is 2. The van der Waals surface area contributed by atoms with Gasteiger partial charge in [0.05, 0.1) is 22.7 Å². The summed E-state index contributed by atoms with van der Waals surface area (Å²) in [4.78, 5) is 27.7. The van der Waals surface area contributed by atoms with Gasteiger partial charge in [0.1, 0.15) is 0 Å². The zero-order valence-corrected chi connectivity index (χ0v) is 17.7. The third-order valence-corrected chi connectivity index (χ3v) is 5.73. The van der Waals surface area contributed by atoms with Crippen LogP contribution in [0.4, 0.5) is 10.5 Å². The third-order valence-electron chi connectivity index (χ3n) is 5.41. The molecule has 1 fully saturated rings. The highest BCUT2D eigenvalue weighted by Gasteiger charge is 2.44. The standard InChI is InChI=1S/C23H27ClN2O3/c1-3-29-21(27)23(15-18-10-5-4-6-11-18)13-8-14-26(16-23)22(28)25-20-17(2)9-7-12-19(20)24/h4-7,9-12H,3,8,13-16H2,1-2H3,(H,25,28). The van der Waals surface area contributed by atoms with Crippen molar-refractivity contribution in [2.24, 2.45) is 5.41 Å². The number of likely N-dealkylation sites (tertiary alicyclic amines) is 1. The van der Waals surface area contributed by atoms with Crippen LogP contribution in [0.15, 0.2) is 48.5 Å². The highest BCUT2D eigenvalue weighted by molar-refractivity contribution is 6.33. The Kier molecular flexibility index (Phi) is 6.80. The van der Waals surface area contributed by atoms with Crippen molar-refractivity contribution in [3.63, 3.8) is 0 Å². The van der Waals surface area contributed by atoms with Crippen LogP contribution in [0.5, 0.6) is 0 Å². The second-order valence-corrected chi connectivity index (χ2v) is 7.96. The van der Waals surface area contributed by atoms with Crippen LogP contribution in [0.25, 0.3) is 0 Å². The first-order valence-corrected chi connectivity index (χ1v) is 10.4. The molecule has 1 unspecified atom stereocenters. The first-order valence-electron chi connectivity index (χ1n) is 9.97. The number of amides is 2. The van der Waals surface area contributed by atoms with Crippen molar-refractivity contribution in [2.45, 2.75) is 33.1 Å². The molecule has 2 amide bonds. The number of carbonyl (C=O) groups excluding carboxylic acids is 2. The summed E-state index contributed by atoms with van der Waals surface area (Å²) in [6.45, 7) is 4.93. The van der Waals surface area contributed by atoms with Gasteiger partial charge in [-0.15, -0.1) is 0 Å². The van der Waals surface area contributed by atoms with E-state index < -0.39 is 5.41 Å². The van der Waals surface area contributed by atoms with E-state index in [1.54, 1.807) is 11.0 Å². The number of anilines is 1. The van der Waals surface area contributed by atoms with Crippen LogP contribution in [0.1, 0.15) is 30.9 Å². The van der Waals surface area contributed by atoms with Crippen molar-refractivity contribution in [3.8, 4) is 0 Å². The van der Waals surface area contributed by atoms with Crippen LogP contribution in [-0.4, -0.2) is 36.6 Å². The van der Waals surface area contributed by atoms with Gasteiger partial charge in [-0.1, -0.05) is 54.1 Å². The fraction of sp³-hybridized carbons (Fsp3) is 0.391. The molecule has 6 heteroatoms. The predicted molar refractivity (Wildman–Crippen MR) is 115 cm³/mol. The van der Waals surface area contributed by atoms with Crippen LogP contribution < -0.4 is 5.32 Å². The van der Waals surface area contributed by atoms with Gasteiger partial charge in [0.2, 0.25) is 0 Å². The lowest BCUT2D eigenvalue weighted by atomic mass is 9.75. The van der Waals surface area contributed by atoms with E-state index in [1.165, 1.54) is 0 Å². The monoisotopic (exact) mass is 414 g/mol. The summed E-state index contributed by atoms with van der Waals surface area (Å²) in [6.07, 6.45) is 1.97. The Morgan fingerprint density at radius 2 is 1.93 bits per heavy atom. The van der Waals surface area contributed by atoms with Gasteiger partial charge in [0.15, 0.2) is 0 Å². The van der Waals surface area contributed by atoms with Gasteiger partial charge in [0, 0.05) is 13.1 Å². The minimum absolute atomic E-state index is 0.240. The van der Waals surface area contributed by atoms with E-state index in [4.69, 9.17) is 16.3 Å². The molecule has 29 heavy (non-hydrogen) atoms. The topological polar surface area (TPSA) is 58.6 Å². The van der Waals surface area contributed by atoms with Gasteiger partial charge in [-0.2, -0.15) is 0 Å². The molecule has 2 aromatic carbocycles. The highest BCUT2D eigenvalue weighted by atomic mass is 35.5. The molecule has 5 nitrogen and oxygen atoms in total. The molecule has 1 saturated heterocycles. The summed E-state index contributed by atoms with van der Waals surface area (Å²) in [7, 11) is 0. The number of halogens is 1. The molecule has 1 aliphatic heterocycles. The zero-order valence-electron chi connectivity index (χ0n) is 16.9. The molecule has 1 atom stereocenters. The first-order chi connectivity index (χ1) is 13.9. The molecular weight excluding hydrogens is 388 g/mol. The molecule has 1 N–H and O–H groups in total. The molecular formula is C23H27ClN2O3. The van der Waals surface area contributed by atoms with E-state index in [-0.39, 0.29) is 12.0 Å². The molecule has 154 valence electrons. The average molecular weight is 415 g/mol. The zero-order chi connectivity index (χ0) is 20.9. The maximum Gasteiger partial charge on any atom is 0.321 e. The lowest BCUT2D eigenvalue weighted by molar-refractivity contribution is -0.158. The van der Waals surface area contributed by atoms with Crippen LogP contribution in [0, 0.1) is 12.3 Å². The molecule has 0 radical (unpaired) electrons. The normalized spacial score (nSPS) is 18.9. The van der Waals surface area contributed by atoms with Gasteiger partial charge >= 0.3 is 12.0 Å². The number of rotatable bonds is 5. The van der Waals surface area contributed by atoms with Crippen molar-refractivity contribution in [3.05, 3.63) is 64.7 Å². The number of esters is 1. The van der Waals surface area contributed by atoms with Crippen LogP contribution in [-0.2, 0) is 16.0 Å². The predicted octanol–water partition coefficient (Wildman–Crippen LogP) is 5.07. The lowest BCUT2D eigenvalue weighted by Gasteiger charge is -2.41. The van der Waals surface area contributed by atoms with E-state index >= 15 is 0 Å². The Hall–Kier alpha value is -2.53. The molecule has 1 aliphatic rings. The number of nitrogens with one attached hydrogen (secondary N) is 1. The molecule has 1 heterocycles. The van der Waals surface area contributed by atoms with Crippen molar-refractivity contribution in [1.29, 1.82) is 0 Å². The smallest absolute Gasteiger partial charge is 0.321 e. The SMILES string of the molecule is CCOC(=O)C1(Cc2ccccc2)CCCN(C(=O)Nc2c(C)cccc2Cl)C1. The number of piperidine rings is 1. The number of benzene rings is 2. The molecule has 3 rings (SSSR count). The molecule has 2 aromatic rings. The Morgan fingerprint density at radius 3 is 2.62 bits per heavy atom. The molecule has 0 aromatic heterocycles. The van der Waals surface area contributed by atoms with E-state index in [2.05, 4.69) is 5.32 Å². The summed E-state index contributed by atoms with van der Waals surface area (Å²) in [5, 5.41) is 3.42. The molecule has 0 spiro atoms. The number of ether oxygens (including phenoxy) is 1. The fourth-order valence-corrected chi connectivity index (χ4v) is 4.20. The quantitative estimate of drug-likeness (QED) is 0.695. The number of aryl methyl sites for hydroxylation is 1. The number of hydrogen-bond donors (Lipinski definition) is 1. The summed E-state index contributed by atoms with van der Waals surface area (Å²) in [5.41, 5.74) is 1.81. The van der Waals surface area contributed by atoms with Gasteiger partial charge in [0.25, 0.3) is 0 Å². The van der Waals surface area contributed by atoms with Crippen LogP contribution in [0.3, 0.4) is 0 Å². The number of para-hydroxylation sites is 1. The van der Waals surface area contributed by atoms with Gasteiger partial charge in [-0.05, 0) is 50.3 Å². The largest absolute Gasteiger partial charge is 0.466 e. The van der Waals surface area contributed by atoms with Crippen LogP contribution in [0.2, 0.25) is 5.02 Å². The third kappa shape index (κ3) is 4.91. The van der Waals surface area contributed by atoms with Gasteiger partial charge < -0.3 is 15.0 Å². The maximum atomic E-state index is 13.0. The van der Waals surface area contributed by atoms with Crippen molar-refractivity contribution in [1.82, 2.24) is 4.90 Å². The van der Waals surface area contributed by atoms with E-state index in [0.717, 1.165) is 17.5 Å². The Bertz CT molecular complexity index is 851. The summed E-state index contributed by atoms with van der Waals surface area (Å²) >= 11 is 6.26. The molecule has 0 bridgehead atoms.